The third-order valence-electron chi connectivity index (χ3n) is 3.44. The molecule has 0 unspecified atom stereocenters. The molecule has 1 amide bonds. The molecule has 1 heterocycles. The molecule has 3 rings (SSSR count). The minimum atomic E-state index is 0.175. The van der Waals surface area contributed by atoms with E-state index in [0.717, 1.165) is 21.3 Å². The maximum absolute atomic E-state index is 12.1. The van der Waals surface area contributed by atoms with Crippen molar-refractivity contribution in [3.05, 3.63) is 63.6 Å². The average molecular weight is 316 g/mol. The van der Waals surface area contributed by atoms with Crippen LogP contribution in [0, 0.1) is 6.92 Å². The molecule has 0 fully saturated rings. The first-order chi connectivity index (χ1) is 9.13. The number of carbonyl (C=O) groups excluding carboxylic acids is 1. The fourth-order valence-electron chi connectivity index (χ4n) is 2.40. The van der Waals surface area contributed by atoms with Crippen molar-refractivity contribution in [2.75, 3.05) is 4.90 Å². The minimum Gasteiger partial charge on any atom is -0.307 e. The second-order valence-electron chi connectivity index (χ2n) is 4.92. The first kappa shape index (κ1) is 12.4. The summed E-state index contributed by atoms with van der Waals surface area (Å²) in [7, 11) is 0. The molecule has 0 aliphatic carbocycles. The van der Waals surface area contributed by atoms with Gasteiger partial charge in [0.1, 0.15) is 0 Å². The second-order valence-corrected chi connectivity index (χ2v) is 5.83. The molecule has 0 atom stereocenters. The molecule has 96 valence electrons. The highest BCUT2D eigenvalue weighted by molar-refractivity contribution is 9.10. The normalized spacial score (nSPS) is 13.8. The number of carbonyl (C=O) groups is 1. The maximum Gasteiger partial charge on any atom is 0.231 e. The van der Waals surface area contributed by atoms with Gasteiger partial charge in [0.15, 0.2) is 0 Å². The SMILES string of the molecule is Cc1ccc(CN2C(=O)Cc3cc(Br)ccc32)cc1. The lowest BCUT2D eigenvalue weighted by atomic mass is 10.1. The summed E-state index contributed by atoms with van der Waals surface area (Å²) >= 11 is 3.45. The minimum absolute atomic E-state index is 0.175. The van der Waals surface area contributed by atoms with Gasteiger partial charge < -0.3 is 4.90 Å². The summed E-state index contributed by atoms with van der Waals surface area (Å²) in [6.45, 7) is 2.71. The predicted molar refractivity (Wildman–Crippen MR) is 80.2 cm³/mol. The van der Waals surface area contributed by atoms with Gasteiger partial charge >= 0.3 is 0 Å². The topological polar surface area (TPSA) is 20.3 Å². The van der Waals surface area contributed by atoms with E-state index in [2.05, 4.69) is 47.1 Å². The van der Waals surface area contributed by atoms with E-state index in [0.29, 0.717) is 13.0 Å². The standard InChI is InChI=1S/C16H14BrNO/c1-11-2-4-12(5-3-11)10-18-15-7-6-14(17)8-13(15)9-16(18)19/h2-8H,9-10H2,1H3. The van der Waals surface area contributed by atoms with Crippen LogP contribution in [0.4, 0.5) is 5.69 Å². The number of benzene rings is 2. The number of hydrogen-bond donors (Lipinski definition) is 0. The van der Waals surface area contributed by atoms with E-state index in [4.69, 9.17) is 0 Å². The van der Waals surface area contributed by atoms with Gasteiger partial charge in [0, 0.05) is 10.2 Å². The Bertz CT molecular complexity index is 634. The highest BCUT2D eigenvalue weighted by Crippen LogP contribution is 2.32. The first-order valence-corrected chi connectivity index (χ1v) is 7.07. The fourth-order valence-corrected chi connectivity index (χ4v) is 2.81. The largest absolute Gasteiger partial charge is 0.307 e. The zero-order valence-corrected chi connectivity index (χ0v) is 12.3. The highest BCUT2D eigenvalue weighted by atomic mass is 79.9. The molecule has 0 aromatic heterocycles. The Labute approximate surface area is 121 Å². The monoisotopic (exact) mass is 315 g/mol. The Morgan fingerprint density at radius 1 is 1.16 bits per heavy atom. The number of anilines is 1. The summed E-state index contributed by atoms with van der Waals surface area (Å²) in [5.74, 6) is 0.175. The van der Waals surface area contributed by atoms with Gasteiger partial charge in [0.25, 0.3) is 0 Å². The van der Waals surface area contributed by atoms with Crippen LogP contribution in [0.1, 0.15) is 16.7 Å². The van der Waals surface area contributed by atoms with Crippen molar-refractivity contribution in [2.45, 2.75) is 19.9 Å². The second kappa shape index (κ2) is 4.82. The van der Waals surface area contributed by atoms with E-state index in [-0.39, 0.29) is 5.91 Å². The zero-order valence-electron chi connectivity index (χ0n) is 10.7. The lowest BCUT2D eigenvalue weighted by Gasteiger charge is -2.17. The van der Waals surface area contributed by atoms with Gasteiger partial charge in [0.05, 0.1) is 13.0 Å². The van der Waals surface area contributed by atoms with Crippen molar-refractivity contribution >= 4 is 27.5 Å². The maximum atomic E-state index is 12.1. The van der Waals surface area contributed by atoms with Crippen molar-refractivity contribution in [3.8, 4) is 0 Å². The van der Waals surface area contributed by atoms with E-state index < -0.39 is 0 Å². The van der Waals surface area contributed by atoms with Crippen molar-refractivity contribution in [1.82, 2.24) is 0 Å². The van der Waals surface area contributed by atoms with E-state index in [1.807, 2.05) is 23.1 Å². The van der Waals surface area contributed by atoms with Crippen LogP contribution >= 0.6 is 15.9 Å². The Kier molecular flexibility index (Phi) is 3.15. The Hall–Kier alpha value is -1.61. The van der Waals surface area contributed by atoms with Crippen LogP contribution in [0.2, 0.25) is 0 Å². The Morgan fingerprint density at radius 2 is 1.89 bits per heavy atom. The number of amides is 1. The summed E-state index contributed by atoms with van der Waals surface area (Å²) in [5.41, 5.74) is 4.54. The van der Waals surface area contributed by atoms with Crippen molar-refractivity contribution in [1.29, 1.82) is 0 Å². The summed E-state index contributed by atoms with van der Waals surface area (Å²) in [6, 6.07) is 14.4. The summed E-state index contributed by atoms with van der Waals surface area (Å²) in [5, 5.41) is 0. The van der Waals surface area contributed by atoms with Crippen LogP contribution in [0.3, 0.4) is 0 Å². The number of hydrogen-bond acceptors (Lipinski definition) is 1. The molecule has 2 nitrogen and oxygen atoms in total. The molecule has 0 N–H and O–H groups in total. The van der Waals surface area contributed by atoms with E-state index in [1.54, 1.807) is 0 Å². The smallest absolute Gasteiger partial charge is 0.231 e. The molecule has 0 bridgehead atoms. The van der Waals surface area contributed by atoms with Crippen molar-refractivity contribution in [3.63, 3.8) is 0 Å². The molecule has 2 aromatic rings. The lowest BCUT2D eigenvalue weighted by Crippen LogP contribution is -2.25. The quantitative estimate of drug-likeness (QED) is 0.824. The van der Waals surface area contributed by atoms with Gasteiger partial charge in [-0.25, -0.2) is 0 Å². The zero-order chi connectivity index (χ0) is 13.4. The van der Waals surface area contributed by atoms with Crippen LogP contribution in [0.25, 0.3) is 0 Å². The van der Waals surface area contributed by atoms with Gasteiger partial charge in [-0.1, -0.05) is 45.8 Å². The van der Waals surface area contributed by atoms with E-state index in [1.165, 1.54) is 5.56 Å². The number of nitrogens with zero attached hydrogens (tertiary/aromatic N) is 1. The number of halogens is 1. The molecule has 0 saturated heterocycles. The summed E-state index contributed by atoms with van der Waals surface area (Å²) in [4.78, 5) is 14.0. The van der Waals surface area contributed by atoms with Crippen LogP contribution in [0.5, 0.6) is 0 Å². The highest BCUT2D eigenvalue weighted by Gasteiger charge is 2.27. The number of aryl methyl sites for hydroxylation is 1. The van der Waals surface area contributed by atoms with E-state index in [9.17, 15) is 4.79 Å². The molecule has 1 aliphatic rings. The van der Waals surface area contributed by atoms with Crippen LogP contribution < -0.4 is 4.90 Å². The molecule has 0 radical (unpaired) electrons. The fraction of sp³-hybridized carbons (Fsp3) is 0.188. The molecule has 0 saturated carbocycles. The molecule has 3 heteroatoms. The molecule has 19 heavy (non-hydrogen) atoms. The third-order valence-corrected chi connectivity index (χ3v) is 3.93. The molecule has 0 spiro atoms. The number of fused-ring (bicyclic) bond motifs is 1. The molecular formula is C16H14BrNO. The van der Waals surface area contributed by atoms with Gasteiger partial charge in [-0.2, -0.15) is 0 Å². The van der Waals surface area contributed by atoms with Crippen molar-refractivity contribution < 1.29 is 4.79 Å². The van der Waals surface area contributed by atoms with E-state index >= 15 is 0 Å². The summed E-state index contributed by atoms with van der Waals surface area (Å²) in [6.07, 6.45) is 0.501. The first-order valence-electron chi connectivity index (χ1n) is 6.28. The third kappa shape index (κ3) is 2.43. The Morgan fingerprint density at radius 3 is 2.63 bits per heavy atom. The van der Waals surface area contributed by atoms with Gasteiger partial charge in [-0.3, -0.25) is 4.79 Å². The molecular weight excluding hydrogens is 302 g/mol. The Balaban J connectivity index is 1.90. The van der Waals surface area contributed by atoms with Crippen LogP contribution in [0.15, 0.2) is 46.9 Å². The van der Waals surface area contributed by atoms with Gasteiger partial charge in [0.2, 0.25) is 5.91 Å². The van der Waals surface area contributed by atoms with Gasteiger partial charge in [-0.05, 0) is 36.2 Å². The van der Waals surface area contributed by atoms with Crippen LogP contribution in [-0.4, -0.2) is 5.91 Å². The van der Waals surface area contributed by atoms with Crippen molar-refractivity contribution in [2.24, 2.45) is 0 Å². The van der Waals surface area contributed by atoms with Gasteiger partial charge in [-0.15, -0.1) is 0 Å². The predicted octanol–water partition coefficient (Wildman–Crippen LogP) is 3.85. The average Bonchev–Trinajstić information content (AvgIpc) is 2.68. The molecule has 2 aromatic carbocycles. The lowest BCUT2D eigenvalue weighted by molar-refractivity contribution is -0.117. The molecule has 1 aliphatic heterocycles. The van der Waals surface area contributed by atoms with Crippen LogP contribution in [-0.2, 0) is 17.8 Å². The summed E-state index contributed by atoms with van der Waals surface area (Å²) < 4.78 is 1.02. The number of rotatable bonds is 2.